The average Bonchev–Trinajstić information content (AvgIpc) is 4.41. The zero-order valence-electron chi connectivity index (χ0n) is 43.1. The fourth-order valence-electron chi connectivity index (χ4n) is 12.2. The van der Waals surface area contributed by atoms with E-state index in [1.807, 2.05) is 30.3 Å². The highest BCUT2D eigenvalue weighted by Gasteiger charge is 2.16. The molecule has 0 amide bonds. The molecule has 0 aliphatic heterocycles. The number of para-hydroxylation sites is 11. The van der Waals surface area contributed by atoms with Crippen LogP contribution in [0.25, 0.3) is 143 Å². The molecule has 8 nitrogen and oxygen atoms in total. The van der Waals surface area contributed by atoms with E-state index in [1.54, 1.807) is 0 Å². The van der Waals surface area contributed by atoms with Crippen LogP contribution in [0.1, 0.15) is 0 Å². The molecule has 0 unspecified atom stereocenters. The Morgan fingerprint density at radius 1 is 0.188 bits per heavy atom. The number of imidazole rings is 4. The summed E-state index contributed by atoms with van der Waals surface area (Å²) < 4.78 is 8.96. The first-order valence-corrected chi connectivity index (χ1v) is 27.0. The molecule has 0 fully saturated rings. The smallest absolute Gasteiger partial charge is 0.146 e. The molecule has 0 atom stereocenters. The van der Waals surface area contributed by atoms with Crippen LogP contribution >= 0.6 is 0 Å². The SMILES string of the molecule is c1ccc2c(c1)ccn1c3ccccc3nc21.c1ccc2c(c1)nc1c3ccccc3c3ccccc3n21.c1ccc2c(c1)nc1c3ccccc3c3ccccc3n21.c1ccc2c(c1)nc1c3ccccc3c3ccccc3n21. The van der Waals surface area contributed by atoms with Crippen molar-refractivity contribution >= 4 is 143 Å². The molecule has 0 aliphatic carbocycles. The van der Waals surface area contributed by atoms with Gasteiger partial charge < -0.3 is 0 Å². The van der Waals surface area contributed by atoms with E-state index in [-0.39, 0.29) is 0 Å². The molecule has 11 aromatic carbocycles. The van der Waals surface area contributed by atoms with Crippen LogP contribution in [0.4, 0.5) is 0 Å². The van der Waals surface area contributed by atoms with Gasteiger partial charge in [-0.05, 0) is 94.3 Å². The van der Waals surface area contributed by atoms with E-state index in [9.17, 15) is 0 Å². The van der Waals surface area contributed by atoms with E-state index in [2.05, 4.69) is 266 Å². The lowest BCUT2D eigenvalue weighted by Crippen LogP contribution is -1.90. The fraction of sp³-hybridized carbons (Fsp3) is 0. The van der Waals surface area contributed by atoms with Crippen molar-refractivity contribution in [2.45, 2.75) is 0 Å². The number of aromatic nitrogens is 8. The molecule has 0 N–H and O–H groups in total. The number of rotatable bonds is 0. The Morgan fingerprint density at radius 3 is 0.838 bits per heavy atom. The van der Waals surface area contributed by atoms with E-state index in [0.29, 0.717) is 0 Å². The van der Waals surface area contributed by atoms with Crippen LogP contribution in [0.2, 0.25) is 0 Å². The zero-order valence-corrected chi connectivity index (χ0v) is 43.1. The lowest BCUT2D eigenvalue weighted by atomic mass is 10.1. The van der Waals surface area contributed by atoms with Gasteiger partial charge in [-0.25, -0.2) is 19.9 Å². The van der Waals surface area contributed by atoms with E-state index in [4.69, 9.17) is 19.9 Å². The molecule has 0 bridgehead atoms. The minimum absolute atomic E-state index is 1.03. The molecule has 8 heterocycles. The standard InChI is InChI=1S/3C19H12N2.C15H10N2/c3*1-2-9-15-13(7-1)14-8-3-5-11-17(14)21-18-12-6-4-10-16(18)20-19(15)21;1-2-6-12-11(5-1)9-10-17-14-8-4-3-7-13(14)16-15(12)17/h3*1-12H;1-10H. The second-order valence-corrected chi connectivity index (χ2v) is 20.2. The molecule has 0 saturated carbocycles. The number of nitrogens with zero attached hydrogens (tertiary/aromatic N) is 8. The third-order valence-electron chi connectivity index (χ3n) is 15.7. The minimum atomic E-state index is 1.03. The van der Waals surface area contributed by atoms with E-state index in [0.717, 1.165) is 66.7 Å². The van der Waals surface area contributed by atoms with Crippen LogP contribution in [0.5, 0.6) is 0 Å². The summed E-state index contributed by atoms with van der Waals surface area (Å²) in [5.41, 5.74) is 16.6. The summed E-state index contributed by atoms with van der Waals surface area (Å²) >= 11 is 0. The minimum Gasteiger partial charge on any atom is -0.299 e. The molecule has 0 saturated heterocycles. The Kier molecular flexibility index (Phi) is 10.4. The van der Waals surface area contributed by atoms with Crippen molar-refractivity contribution in [3.05, 3.63) is 279 Å². The van der Waals surface area contributed by atoms with Gasteiger partial charge in [0.1, 0.15) is 22.6 Å². The second-order valence-electron chi connectivity index (χ2n) is 20.2. The molecule has 0 radical (unpaired) electrons. The summed E-state index contributed by atoms with van der Waals surface area (Å²) in [7, 11) is 0. The summed E-state index contributed by atoms with van der Waals surface area (Å²) in [4.78, 5) is 19.3. The van der Waals surface area contributed by atoms with Gasteiger partial charge in [-0.15, -0.1) is 0 Å². The van der Waals surface area contributed by atoms with Crippen molar-refractivity contribution < 1.29 is 0 Å². The van der Waals surface area contributed by atoms with E-state index < -0.39 is 0 Å². The molecule has 8 heteroatoms. The third-order valence-corrected chi connectivity index (χ3v) is 15.7. The molecule has 80 heavy (non-hydrogen) atoms. The first-order valence-electron chi connectivity index (χ1n) is 27.0. The molecule has 8 aromatic heterocycles. The normalized spacial score (nSPS) is 11.8. The Hall–Kier alpha value is -11.0. The van der Waals surface area contributed by atoms with Crippen LogP contribution in [0.3, 0.4) is 0 Å². The van der Waals surface area contributed by atoms with Gasteiger partial charge in [0, 0.05) is 43.9 Å². The van der Waals surface area contributed by atoms with Gasteiger partial charge in [0.15, 0.2) is 0 Å². The maximum absolute atomic E-state index is 4.86. The highest BCUT2D eigenvalue weighted by atomic mass is 15.0. The summed E-state index contributed by atoms with van der Waals surface area (Å²) in [5.74, 6) is 0. The predicted molar refractivity (Wildman–Crippen MR) is 333 cm³/mol. The molecule has 0 spiro atoms. The monoisotopic (exact) mass is 1020 g/mol. The fourth-order valence-corrected chi connectivity index (χ4v) is 12.2. The Bertz CT molecular complexity index is 5210. The van der Waals surface area contributed by atoms with Crippen molar-refractivity contribution in [2.24, 2.45) is 0 Å². The van der Waals surface area contributed by atoms with Gasteiger partial charge >= 0.3 is 0 Å². The number of hydrogen-bond acceptors (Lipinski definition) is 4. The maximum Gasteiger partial charge on any atom is 0.146 e. The van der Waals surface area contributed by atoms with Crippen LogP contribution in [-0.4, -0.2) is 37.5 Å². The topological polar surface area (TPSA) is 69.2 Å². The van der Waals surface area contributed by atoms with Gasteiger partial charge in [-0.3, -0.25) is 17.6 Å². The number of fused-ring (bicyclic) bond motifs is 29. The zero-order chi connectivity index (χ0) is 52.7. The molecule has 0 aliphatic rings. The first-order chi connectivity index (χ1) is 39.7. The van der Waals surface area contributed by atoms with Gasteiger partial charge in [0.25, 0.3) is 0 Å². The summed E-state index contributed by atoms with van der Waals surface area (Å²) in [6, 6.07) is 94.8. The second kappa shape index (κ2) is 18.4. The van der Waals surface area contributed by atoms with E-state index >= 15 is 0 Å². The summed E-state index contributed by atoms with van der Waals surface area (Å²) in [6.07, 6.45) is 2.09. The number of pyridine rings is 4. The molecule has 374 valence electrons. The lowest BCUT2D eigenvalue weighted by molar-refractivity contribution is 1.25. The Morgan fingerprint density at radius 2 is 0.450 bits per heavy atom. The summed E-state index contributed by atoms with van der Waals surface area (Å²) in [6.45, 7) is 0. The Labute approximate surface area is 456 Å². The van der Waals surface area contributed by atoms with Crippen LogP contribution in [0.15, 0.2) is 279 Å². The largest absolute Gasteiger partial charge is 0.299 e. The van der Waals surface area contributed by atoms with E-state index in [1.165, 1.54) is 75.8 Å². The van der Waals surface area contributed by atoms with Gasteiger partial charge in [-0.2, -0.15) is 0 Å². The maximum atomic E-state index is 4.86. The van der Waals surface area contributed by atoms with Crippen molar-refractivity contribution in [3.8, 4) is 0 Å². The van der Waals surface area contributed by atoms with Crippen molar-refractivity contribution in [1.29, 1.82) is 0 Å². The van der Waals surface area contributed by atoms with Gasteiger partial charge in [0.05, 0.1) is 60.7 Å². The summed E-state index contributed by atoms with van der Waals surface area (Å²) in [5, 5.41) is 13.6. The molecule has 19 rings (SSSR count). The van der Waals surface area contributed by atoms with Crippen LogP contribution in [0, 0.1) is 0 Å². The average molecular weight is 1020 g/mol. The molecule has 19 aromatic rings. The third kappa shape index (κ3) is 7.09. The molecular formula is C72H46N8. The number of hydrogen-bond donors (Lipinski definition) is 0. The van der Waals surface area contributed by atoms with Crippen LogP contribution in [-0.2, 0) is 0 Å². The Balaban J connectivity index is 0.0000000888. The first kappa shape index (κ1) is 45.3. The highest BCUT2D eigenvalue weighted by Crippen LogP contribution is 2.35. The van der Waals surface area contributed by atoms with Crippen molar-refractivity contribution in [2.75, 3.05) is 0 Å². The van der Waals surface area contributed by atoms with Crippen molar-refractivity contribution in [1.82, 2.24) is 37.5 Å². The van der Waals surface area contributed by atoms with Crippen molar-refractivity contribution in [3.63, 3.8) is 0 Å². The van der Waals surface area contributed by atoms with Gasteiger partial charge in [-0.1, -0.05) is 200 Å². The van der Waals surface area contributed by atoms with Crippen LogP contribution < -0.4 is 0 Å². The molecular weight excluding hydrogens is 977 g/mol. The highest BCUT2D eigenvalue weighted by molar-refractivity contribution is 6.16. The predicted octanol–water partition coefficient (Wildman–Crippen LogP) is 18.0. The number of benzene rings is 11. The quantitative estimate of drug-likeness (QED) is 0.142. The van der Waals surface area contributed by atoms with Gasteiger partial charge in [0.2, 0.25) is 0 Å². The lowest BCUT2D eigenvalue weighted by Gasteiger charge is -2.08.